The molecular formula is C18H26O. The van der Waals surface area contributed by atoms with Crippen molar-refractivity contribution in [3.05, 3.63) is 46.6 Å². The van der Waals surface area contributed by atoms with Crippen LogP contribution in [0.4, 0.5) is 0 Å². The topological polar surface area (TPSA) is 17.1 Å². The van der Waals surface area contributed by atoms with E-state index < -0.39 is 0 Å². The molecule has 0 saturated heterocycles. The molecular weight excluding hydrogens is 232 g/mol. The van der Waals surface area contributed by atoms with E-state index in [4.69, 9.17) is 0 Å². The molecule has 1 rings (SSSR count). The first kappa shape index (κ1) is 15.7. The van der Waals surface area contributed by atoms with Crippen LogP contribution >= 0.6 is 0 Å². The summed E-state index contributed by atoms with van der Waals surface area (Å²) in [5, 5.41) is 0. The number of ketones is 1. The highest BCUT2D eigenvalue weighted by Crippen LogP contribution is 2.20. The van der Waals surface area contributed by atoms with Crippen molar-refractivity contribution in [2.45, 2.75) is 53.9 Å². The minimum Gasteiger partial charge on any atom is -0.289 e. The van der Waals surface area contributed by atoms with Crippen molar-refractivity contribution in [1.29, 1.82) is 0 Å². The van der Waals surface area contributed by atoms with Crippen LogP contribution in [0.3, 0.4) is 0 Å². The average Bonchev–Trinajstić information content (AvgIpc) is 2.32. The molecule has 1 nitrogen and oxygen atoms in total. The highest BCUT2D eigenvalue weighted by atomic mass is 16.1. The Morgan fingerprint density at radius 2 is 1.79 bits per heavy atom. The normalized spacial score (nSPS) is 16.7. The monoisotopic (exact) mass is 258 g/mol. The Bertz CT molecular complexity index is 430. The van der Waals surface area contributed by atoms with Crippen LogP contribution in [0.15, 0.2) is 46.6 Å². The Balaban J connectivity index is 2.53. The third-order valence-electron chi connectivity index (χ3n) is 3.45. The maximum Gasteiger partial charge on any atom is 0.184 e. The lowest BCUT2D eigenvalue weighted by Crippen LogP contribution is -2.06. The molecule has 0 aromatic rings. The molecule has 0 aliphatic heterocycles. The SMILES string of the molecule is CC(C)=CCCC(C)CC=C1C=C(C)C(=O)C(C)=C1. The summed E-state index contributed by atoms with van der Waals surface area (Å²) >= 11 is 0. The van der Waals surface area contributed by atoms with Gasteiger partial charge in [0.2, 0.25) is 0 Å². The van der Waals surface area contributed by atoms with Crippen molar-refractivity contribution < 1.29 is 4.79 Å². The van der Waals surface area contributed by atoms with Gasteiger partial charge in [-0.3, -0.25) is 4.79 Å². The maximum atomic E-state index is 11.6. The molecule has 19 heavy (non-hydrogen) atoms. The van der Waals surface area contributed by atoms with Gasteiger partial charge < -0.3 is 0 Å². The second kappa shape index (κ2) is 7.28. The zero-order valence-electron chi connectivity index (χ0n) is 12.9. The third-order valence-corrected chi connectivity index (χ3v) is 3.45. The Morgan fingerprint density at radius 3 is 2.32 bits per heavy atom. The minimum absolute atomic E-state index is 0.175. The standard InChI is InChI=1S/C18H26O/c1-13(2)7-6-8-14(3)9-10-17-11-15(4)18(19)16(5)12-17/h7,10-12,14H,6,8-9H2,1-5H3. The Labute approximate surface area is 117 Å². The molecule has 0 aromatic carbocycles. The van der Waals surface area contributed by atoms with Crippen molar-refractivity contribution >= 4 is 5.78 Å². The number of hydrogen-bond acceptors (Lipinski definition) is 1. The van der Waals surface area contributed by atoms with Gasteiger partial charge in [-0.2, -0.15) is 0 Å². The van der Waals surface area contributed by atoms with Crippen LogP contribution in [0.25, 0.3) is 0 Å². The number of rotatable bonds is 5. The van der Waals surface area contributed by atoms with Gasteiger partial charge >= 0.3 is 0 Å². The first-order chi connectivity index (χ1) is 8.90. The minimum atomic E-state index is 0.175. The second-order valence-corrected chi connectivity index (χ2v) is 5.89. The molecule has 0 saturated carbocycles. The zero-order valence-corrected chi connectivity index (χ0v) is 12.9. The van der Waals surface area contributed by atoms with Crippen LogP contribution in [0.5, 0.6) is 0 Å². The Kier molecular flexibility index (Phi) is 6.01. The summed E-state index contributed by atoms with van der Waals surface area (Å²) in [5.74, 6) is 0.858. The molecule has 104 valence electrons. The van der Waals surface area contributed by atoms with E-state index in [9.17, 15) is 4.79 Å². The predicted octanol–water partition coefficient (Wildman–Crippen LogP) is 5.16. The molecule has 0 heterocycles. The number of allylic oxidation sites excluding steroid dienone is 8. The number of Topliss-reactive ketones (excluding diaryl/α,β-unsaturated/α-hetero) is 1. The molecule has 0 radical (unpaired) electrons. The lowest BCUT2D eigenvalue weighted by atomic mass is 9.93. The molecule has 0 spiro atoms. The maximum absolute atomic E-state index is 11.6. The van der Waals surface area contributed by atoms with Crippen LogP contribution in [-0.2, 0) is 4.79 Å². The van der Waals surface area contributed by atoms with Crippen molar-refractivity contribution in [2.24, 2.45) is 5.92 Å². The first-order valence-electron chi connectivity index (χ1n) is 7.15. The summed E-state index contributed by atoms with van der Waals surface area (Å²) in [6, 6.07) is 0. The lowest BCUT2D eigenvalue weighted by Gasteiger charge is -2.11. The molecule has 1 aliphatic rings. The van der Waals surface area contributed by atoms with Crippen molar-refractivity contribution in [3.63, 3.8) is 0 Å². The van der Waals surface area contributed by atoms with E-state index in [1.807, 2.05) is 26.0 Å². The van der Waals surface area contributed by atoms with Gasteiger partial charge in [0.05, 0.1) is 0 Å². The fraction of sp³-hybridized carbons (Fsp3) is 0.500. The van der Waals surface area contributed by atoms with E-state index >= 15 is 0 Å². The van der Waals surface area contributed by atoms with Crippen LogP contribution < -0.4 is 0 Å². The summed E-state index contributed by atoms with van der Waals surface area (Å²) in [6.07, 6.45) is 12.0. The van der Waals surface area contributed by atoms with E-state index in [2.05, 4.69) is 32.9 Å². The first-order valence-corrected chi connectivity index (χ1v) is 7.15. The molecule has 1 heteroatoms. The van der Waals surface area contributed by atoms with Gasteiger partial charge in [-0.1, -0.05) is 24.6 Å². The highest BCUT2D eigenvalue weighted by Gasteiger charge is 2.12. The molecule has 1 atom stereocenters. The van der Waals surface area contributed by atoms with Gasteiger partial charge in [0.1, 0.15) is 0 Å². The Morgan fingerprint density at radius 1 is 1.21 bits per heavy atom. The summed E-state index contributed by atoms with van der Waals surface area (Å²) in [5.41, 5.74) is 4.28. The number of carbonyl (C=O) groups excluding carboxylic acids is 1. The number of carbonyl (C=O) groups is 1. The zero-order chi connectivity index (χ0) is 14.4. The fourth-order valence-electron chi connectivity index (χ4n) is 2.21. The quantitative estimate of drug-likeness (QED) is 0.622. The van der Waals surface area contributed by atoms with Gasteiger partial charge in [-0.05, 0) is 81.7 Å². The van der Waals surface area contributed by atoms with Crippen LogP contribution in [0.1, 0.15) is 53.9 Å². The van der Waals surface area contributed by atoms with Gasteiger partial charge in [0, 0.05) is 0 Å². The molecule has 0 fully saturated rings. The largest absolute Gasteiger partial charge is 0.289 e. The summed E-state index contributed by atoms with van der Waals surface area (Å²) in [6.45, 7) is 10.4. The highest BCUT2D eigenvalue weighted by molar-refractivity contribution is 6.09. The molecule has 1 aliphatic carbocycles. The van der Waals surface area contributed by atoms with Gasteiger partial charge in [-0.15, -0.1) is 0 Å². The molecule has 0 N–H and O–H groups in total. The van der Waals surface area contributed by atoms with Gasteiger partial charge in [0.25, 0.3) is 0 Å². The van der Waals surface area contributed by atoms with Gasteiger partial charge in [0.15, 0.2) is 5.78 Å². The average molecular weight is 258 g/mol. The van der Waals surface area contributed by atoms with Crippen molar-refractivity contribution in [2.75, 3.05) is 0 Å². The van der Waals surface area contributed by atoms with Crippen LogP contribution in [0, 0.1) is 5.92 Å². The van der Waals surface area contributed by atoms with Crippen molar-refractivity contribution in [1.82, 2.24) is 0 Å². The Hall–Kier alpha value is -1.37. The van der Waals surface area contributed by atoms with E-state index in [-0.39, 0.29) is 5.78 Å². The number of hydrogen-bond donors (Lipinski definition) is 0. The molecule has 1 unspecified atom stereocenters. The van der Waals surface area contributed by atoms with E-state index in [1.165, 1.54) is 17.6 Å². The lowest BCUT2D eigenvalue weighted by molar-refractivity contribution is -0.112. The van der Waals surface area contributed by atoms with E-state index in [0.29, 0.717) is 5.92 Å². The van der Waals surface area contributed by atoms with E-state index in [0.717, 1.165) is 24.0 Å². The summed E-state index contributed by atoms with van der Waals surface area (Å²) in [7, 11) is 0. The third kappa shape index (κ3) is 5.42. The fourth-order valence-corrected chi connectivity index (χ4v) is 2.21. The predicted molar refractivity (Wildman–Crippen MR) is 83.1 cm³/mol. The molecule has 0 aromatic heterocycles. The second-order valence-electron chi connectivity index (χ2n) is 5.89. The summed E-state index contributed by atoms with van der Waals surface area (Å²) < 4.78 is 0. The van der Waals surface area contributed by atoms with E-state index in [1.54, 1.807) is 0 Å². The van der Waals surface area contributed by atoms with Crippen LogP contribution in [0.2, 0.25) is 0 Å². The van der Waals surface area contributed by atoms with Crippen LogP contribution in [-0.4, -0.2) is 5.78 Å². The smallest absolute Gasteiger partial charge is 0.184 e. The van der Waals surface area contributed by atoms with Gasteiger partial charge in [-0.25, -0.2) is 0 Å². The molecule has 0 bridgehead atoms. The van der Waals surface area contributed by atoms with Crippen molar-refractivity contribution in [3.8, 4) is 0 Å². The molecule has 0 amide bonds. The summed E-state index contributed by atoms with van der Waals surface area (Å²) in [4.78, 5) is 11.6.